The molecule has 0 N–H and O–H groups in total. The number of halogens is 1. The van der Waals surface area contributed by atoms with Crippen molar-refractivity contribution in [1.29, 1.82) is 0 Å². The van der Waals surface area contributed by atoms with E-state index < -0.39 is 0 Å². The highest BCUT2D eigenvalue weighted by Gasteiger charge is 2.01. The van der Waals surface area contributed by atoms with Gasteiger partial charge in [0.15, 0.2) is 9.40 Å². The van der Waals surface area contributed by atoms with E-state index >= 15 is 0 Å². The van der Waals surface area contributed by atoms with Gasteiger partial charge in [-0.05, 0) is 12.1 Å². The van der Waals surface area contributed by atoms with E-state index in [2.05, 4.69) is 29.0 Å². The van der Waals surface area contributed by atoms with Crippen molar-refractivity contribution in [2.24, 2.45) is 0 Å². The first-order valence-corrected chi connectivity index (χ1v) is 4.47. The fourth-order valence-electron chi connectivity index (χ4n) is 0.773. The maximum Gasteiger partial charge on any atom is 0.243 e. The molecule has 0 bridgehead atoms. The van der Waals surface area contributed by atoms with Crippen LogP contribution in [0.1, 0.15) is 0 Å². The maximum atomic E-state index is 2.16. The van der Waals surface area contributed by atoms with Gasteiger partial charge in [-0.25, -0.2) is 0 Å². The molecule has 10 heavy (non-hydrogen) atoms. The summed E-state index contributed by atoms with van der Waals surface area (Å²) in [5.41, 5.74) is 0. The molecule has 0 nitrogen and oxygen atoms in total. The Labute approximate surface area is 84.5 Å². The molecule has 1 aromatic heterocycles. The molecule has 0 radical (unpaired) electrons. The van der Waals surface area contributed by atoms with Crippen LogP contribution in [-0.4, -0.2) is 0 Å². The minimum Gasteiger partial charge on any atom is -1.00 e. The molecule has 1 heterocycles. The topological polar surface area (TPSA) is 0 Å². The Hall–Kier alpha value is 0.260. The molecule has 52 valence electrons. The third kappa shape index (κ3) is 1.46. The third-order valence-corrected chi connectivity index (χ3v) is 3.32. The zero-order valence-corrected chi connectivity index (χ0v) is 8.87. The number of fused-ring (bicyclic) bond motifs is 1. The van der Waals surface area contributed by atoms with Gasteiger partial charge in [0.1, 0.15) is 0 Å². The van der Waals surface area contributed by atoms with E-state index in [4.69, 9.17) is 0 Å². The number of benzene rings is 1. The van der Waals surface area contributed by atoms with E-state index in [1.54, 1.807) is 22.7 Å². The largest absolute Gasteiger partial charge is 1.00 e. The summed E-state index contributed by atoms with van der Waals surface area (Å²) in [6.07, 6.45) is 0. The van der Waals surface area contributed by atoms with Crippen LogP contribution >= 0.6 is 22.7 Å². The van der Waals surface area contributed by atoms with Crippen LogP contribution in [0, 0.1) is 0 Å². The lowest BCUT2D eigenvalue weighted by Crippen LogP contribution is -3.00. The van der Waals surface area contributed by atoms with Crippen molar-refractivity contribution in [2.75, 3.05) is 0 Å². The molecule has 0 aliphatic heterocycles. The van der Waals surface area contributed by atoms with Crippen molar-refractivity contribution < 1.29 is 24.0 Å². The quantitative estimate of drug-likeness (QED) is 0.479. The van der Waals surface area contributed by atoms with Crippen LogP contribution in [-0.2, 0) is 0 Å². The van der Waals surface area contributed by atoms with Crippen LogP contribution < -0.4 is 24.0 Å². The normalized spacial score (nSPS) is 9.20. The van der Waals surface area contributed by atoms with Gasteiger partial charge in [-0.2, -0.15) is 0 Å². The summed E-state index contributed by atoms with van der Waals surface area (Å²) >= 11 is 3.61. The summed E-state index contributed by atoms with van der Waals surface area (Å²) in [6, 6.07) is 8.45. The second-order valence-electron chi connectivity index (χ2n) is 1.78. The third-order valence-electron chi connectivity index (χ3n) is 1.20. The minimum atomic E-state index is 0. The number of rotatable bonds is 0. The molecule has 0 aliphatic carbocycles. The molecule has 0 saturated heterocycles. The highest BCUT2D eigenvalue weighted by molar-refractivity contribution is 7.36. The zero-order valence-electron chi connectivity index (χ0n) is 5.08. The number of hydrogen-bond donors (Lipinski definition) is 0. The molecule has 0 unspecified atom stereocenters. The Balaban J connectivity index is 0.000000500. The number of hydrogen-bond acceptors (Lipinski definition) is 1. The van der Waals surface area contributed by atoms with Gasteiger partial charge in [-0.3, -0.25) is 0 Å². The Bertz CT molecular complexity index is 286. The second kappa shape index (κ2) is 3.59. The Morgan fingerprint density at radius 2 is 2.00 bits per heavy atom. The lowest BCUT2D eigenvalue weighted by molar-refractivity contribution is -0.00000156. The summed E-state index contributed by atoms with van der Waals surface area (Å²) in [4.78, 5) is 0. The van der Waals surface area contributed by atoms with Gasteiger partial charge in [0.2, 0.25) is 4.69 Å². The van der Waals surface area contributed by atoms with Crippen LogP contribution in [0.15, 0.2) is 29.0 Å². The molecule has 0 spiro atoms. The van der Waals surface area contributed by atoms with Crippen LogP contribution in [0.5, 0.6) is 0 Å². The Kier molecular flexibility index (Phi) is 3.00. The van der Waals surface area contributed by atoms with E-state index in [0.717, 1.165) is 0 Å². The van der Waals surface area contributed by atoms with E-state index in [1.807, 2.05) is 0 Å². The lowest BCUT2D eigenvalue weighted by atomic mass is 10.4. The van der Waals surface area contributed by atoms with Gasteiger partial charge in [0.05, 0.1) is 22.7 Å². The van der Waals surface area contributed by atoms with Crippen molar-refractivity contribution in [1.82, 2.24) is 0 Å². The first-order valence-electron chi connectivity index (χ1n) is 2.71. The fraction of sp³-hybridized carbons (Fsp3) is 0. The molecule has 0 aliphatic rings. The molecule has 2 rings (SSSR count). The average molecular weight is 280 g/mol. The van der Waals surface area contributed by atoms with Crippen molar-refractivity contribution >= 4 is 32.1 Å². The van der Waals surface area contributed by atoms with E-state index in [1.165, 1.54) is 9.40 Å². The average Bonchev–Trinajstić information content (AvgIpc) is 2.33. The highest BCUT2D eigenvalue weighted by Crippen LogP contribution is 2.24. The van der Waals surface area contributed by atoms with Gasteiger partial charge >= 0.3 is 0 Å². The molecular formula is C7H5IS2. The Morgan fingerprint density at radius 1 is 1.20 bits per heavy atom. The molecular weight excluding hydrogens is 275 g/mol. The van der Waals surface area contributed by atoms with Crippen molar-refractivity contribution in [3.8, 4) is 0 Å². The smallest absolute Gasteiger partial charge is 0.243 e. The predicted octanol–water partition coefficient (Wildman–Crippen LogP) is 0.248. The maximum absolute atomic E-state index is 2.16. The first kappa shape index (κ1) is 8.36. The van der Waals surface area contributed by atoms with Gasteiger partial charge in [-0.15, -0.1) is 0 Å². The first-order chi connectivity index (χ1) is 4.47. The van der Waals surface area contributed by atoms with Crippen molar-refractivity contribution in [3.05, 3.63) is 29.0 Å². The lowest BCUT2D eigenvalue weighted by Gasteiger charge is -1.73. The molecule has 0 amide bonds. The molecule has 0 atom stereocenters. The molecule has 0 fully saturated rings. The predicted molar refractivity (Wildman–Crippen MR) is 44.1 cm³/mol. The Morgan fingerprint density at radius 3 is 2.80 bits per heavy atom. The van der Waals surface area contributed by atoms with Crippen LogP contribution in [0.3, 0.4) is 0 Å². The minimum absolute atomic E-state index is 0. The summed E-state index contributed by atoms with van der Waals surface area (Å²) in [6.45, 7) is 0. The van der Waals surface area contributed by atoms with E-state index in [-0.39, 0.29) is 24.0 Å². The monoisotopic (exact) mass is 280 g/mol. The summed E-state index contributed by atoms with van der Waals surface area (Å²) < 4.78 is 4.94. The fourth-order valence-corrected chi connectivity index (χ4v) is 2.77. The van der Waals surface area contributed by atoms with Crippen molar-refractivity contribution in [3.63, 3.8) is 0 Å². The molecule has 0 saturated carbocycles. The molecule has 1 aromatic carbocycles. The summed E-state index contributed by atoms with van der Waals surface area (Å²) in [7, 11) is 0. The zero-order chi connectivity index (χ0) is 6.10. The van der Waals surface area contributed by atoms with Crippen LogP contribution in [0.2, 0.25) is 0 Å². The molecule has 3 heteroatoms. The van der Waals surface area contributed by atoms with Crippen LogP contribution in [0.4, 0.5) is 0 Å². The SMILES string of the molecule is [I-].c1ccc2[s+]csc2c1. The van der Waals surface area contributed by atoms with E-state index in [9.17, 15) is 0 Å². The second-order valence-corrected chi connectivity index (χ2v) is 3.90. The van der Waals surface area contributed by atoms with Gasteiger partial charge in [-0.1, -0.05) is 12.1 Å². The van der Waals surface area contributed by atoms with Gasteiger partial charge in [0.25, 0.3) is 0 Å². The van der Waals surface area contributed by atoms with E-state index in [0.29, 0.717) is 0 Å². The van der Waals surface area contributed by atoms with Gasteiger partial charge in [0, 0.05) is 0 Å². The molecule has 2 aromatic rings. The van der Waals surface area contributed by atoms with Crippen molar-refractivity contribution in [2.45, 2.75) is 0 Å². The summed E-state index contributed by atoms with van der Waals surface area (Å²) in [5.74, 6) is 0. The summed E-state index contributed by atoms with van der Waals surface area (Å²) in [5, 5.41) is 0. The van der Waals surface area contributed by atoms with Gasteiger partial charge < -0.3 is 24.0 Å². The highest BCUT2D eigenvalue weighted by atomic mass is 127. The van der Waals surface area contributed by atoms with Crippen LogP contribution in [0.25, 0.3) is 9.40 Å². The standard InChI is InChI=1S/C7H5S2.HI/c1-2-4-7-6(3-1)8-5-9-7;/h1-5H;1H/q+1;/p-1.